The Balaban J connectivity index is 1.65. The summed E-state index contributed by atoms with van der Waals surface area (Å²) in [4.78, 5) is 14.0. The first kappa shape index (κ1) is 20.7. The van der Waals surface area contributed by atoms with Crippen LogP contribution < -0.4 is 0 Å². The minimum atomic E-state index is -0.331. The molecule has 3 aromatic rings. The molecule has 0 saturated heterocycles. The fraction of sp³-hybridized carbons (Fsp3) is 0.240. The van der Waals surface area contributed by atoms with Crippen molar-refractivity contribution in [2.24, 2.45) is 0 Å². The summed E-state index contributed by atoms with van der Waals surface area (Å²) < 4.78 is 18.0. The number of ether oxygens (including phenoxy) is 1. The number of nitrogens with zero attached hydrogens (tertiary/aromatic N) is 1. The minimum absolute atomic E-state index is 0.220. The Morgan fingerprint density at radius 3 is 2.00 bits per heavy atom. The zero-order valence-electron chi connectivity index (χ0n) is 16.7. The van der Waals surface area contributed by atoms with Gasteiger partial charge in [-0.25, -0.2) is 9.18 Å². The zero-order chi connectivity index (χ0) is 20.5. The topological polar surface area (TPSA) is 29.5 Å². The molecule has 0 N–H and O–H groups in total. The average Bonchev–Trinajstić information content (AvgIpc) is 2.76. The molecular weight excluding hydrogens is 365 g/mol. The van der Waals surface area contributed by atoms with E-state index in [9.17, 15) is 9.18 Å². The smallest absolute Gasteiger partial charge is 0.337 e. The van der Waals surface area contributed by atoms with Crippen molar-refractivity contribution in [1.82, 2.24) is 4.90 Å². The molecule has 3 nitrogen and oxygen atoms in total. The van der Waals surface area contributed by atoms with Crippen molar-refractivity contribution in [2.75, 3.05) is 13.7 Å². The highest BCUT2D eigenvalue weighted by molar-refractivity contribution is 5.89. The maximum atomic E-state index is 13.2. The summed E-state index contributed by atoms with van der Waals surface area (Å²) in [5.74, 6) is -0.551. The Morgan fingerprint density at radius 2 is 1.41 bits per heavy atom. The number of hydrogen-bond acceptors (Lipinski definition) is 3. The van der Waals surface area contributed by atoms with Crippen molar-refractivity contribution < 1.29 is 13.9 Å². The molecule has 0 aliphatic rings. The van der Waals surface area contributed by atoms with Gasteiger partial charge >= 0.3 is 5.97 Å². The van der Waals surface area contributed by atoms with Crippen molar-refractivity contribution >= 4 is 5.97 Å². The van der Waals surface area contributed by atoms with Crippen LogP contribution in [0.5, 0.6) is 0 Å². The predicted octanol–water partition coefficient (Wildman–Crippen LogP) is 5.25. The second-order valence-corrected chi connectivity index (χ2v) is 7.11. The third-order valence-corrected chi connectivity index (χ3v) is 4.88. The van der Waals surface area contributed by atoms with Crippen LogP contribution in [-0.4, -0.2) is 24.5 Å². The van der Waals surface area contributed by atoms with Crippen LogP contribution >= 0.6 is 0 Å². The number of aryl methyl sites for hydroxylation is 1. The van der Waals surface area contributed by atoms with Gasteiger partial charge in [0.25, 0.3) is 0 Å². The molecule has 29 heavy (non-hydrogen) atoms. The van der Waals surface area contributed by atoms with Crippen molar-refractivity contribution in [3.63, 3.8) is 0 Å². The molecule has 3 rings (SSSR count). The largest absolute Gasteiger partial charge is 0.465 e. The molecule has 0 spiro atoms. The summed E-state index contributed by atoms with van der Waals surface area (Å²) in [6.45, 7) is 2.42. The molecule has 150 valence electrons. The normalized spacial score (nSPS) is 10.9. The minimum Gasteiger partial charge on any atom is -0.465 e. The predicted molar refractivity (Wildman–Crippen MR) is 113 cm³/mol. The van der Waals surface area contributed by atoms with Gasteiger partial charge in [0, 0.05) is 13.1 Å². The SMILES string of the molecule is COC(=O)c1ccc(CN(CCCc2ccccc2)Cc2ccc(F)cc2)cc1. The van der Waals surface area contributed by atoms with E-state index in [1.165, 1.54) is 24.8 Å². The molecule has 0 aliphatic heterocycles. The first-order valence-electron chi connectivity index (χ1n) is 9.82. The summed E-state index contributed by atoms with van der Waals surface area (Å²) >= 11 is 0. The highest BCUT2D eigenvalue weighted by Crippen LogP contribution is 2.14. The van der Waals surface area contributed by atoms with Gasteiger partial charge in [-0.1, -0.05) is 54.6 Å². The molecule has 0 aliphatic carbocycles. The van der Waals surface area contributed by atoms with Crippen molar-refractivity contribution in [3.05, 3.63) is 107 Å². The van der Waals surface area contributed by atoms with Gasteiger partial charge < -0.3 is 4.74 Å². The van der Waals surface area contributed by atoms with Gasteiger partial charge in [-0.15, -0.1) is 0 Å². The zero-order valence-corrected chi connectivity index (χ0v) is 16.7. The molecule has 0 unspecified atom stereocenters. The molecular formula is C25H26FNO2. The molecule has 3 aromatic carbocycles. The van der Waals surface area contributed by atoms with Crippen LogP contribution in [0.4, 0.5) is 4.39 Å². The summed E-state index contributed by atoms with van der Waals surface area (Å²) in [5, 5.41) is 0. The maximum Gasteiger partial charge on any atom is 0.337 e. The fourth-order valence-electron chi connectivity index (χ4n) is 3.34. The van der Waals surface area contributed by atoms with Gasteiger partial charge in [0.1, 0.15) is 5.82 Å². The van der Waals surface area contributed by atoms with E-state index in [1.807, 2.05) is 30.3 Å². The second kappa shape index (κ2) is 10.5. The van der Waals surface area contributed by atoms with Crippen LogP contribution in [0.2, 0.25) is 0 Å². The standard InChI is InChI=1S/C25H26FNO2/c1-29-25(28)23-13-9-21(10-14-23)18-27(19-22-11-15-24(26)16-12-22)17-5-8-20-6-3-2-4-7-20/h2-4,6-7,9-16H,5,8,17-19H2,1H3. The van der Waals surface area contributed by atoms with E-state index < -0.39 is 0 Å². The first-order chi connectivity index (χ1) is 14.1. The van der Waals surface area contributed by atoms with Crippen LogP contribution in [-0.2, 0) is 24.2 Å². The van der Waals surface area contributed by atoms with Crippen molar-refractivity contribution in [2.45, 2.75) is 25.9 Å². The van der Waals surface area contributed by atoms with Crippen LogP contribution in [0.25, 0.3) is 0 Å². The van der Waals surface area contributed by atoms with E-state index in [-0.39, 0.29) is 11.8 Å². The van der Waals surface area contributed by atoms with E-state index >= 15 is 0 Å². The highest BCUT2D eigenvalue weighted by atomic mass is 19.1. The number of halogens is 1. The summed E-state index contributed by atoms with van der Waals surface area (Å²) in [7, 11) is 1.38. The summed E-state index contributed by atoms with van der Waals surface area (Å²) in [6, 6.07) is 24.6. The lowest BCUT2D eigenvalue weighted by Crippen LogP contribution is -2.24. The molecule has 0 atom stereocenters. The van der Waals surface area contributed by atoms with Gasteiger partial charge in [0.05, 0.1) is 12.7 Å². The molecule has 0 aromatic heterocycles. The lowest BCUT2D eigenvalue weighted by atomic mass is 10.1. The number of benzene rings is 3. The Morgan fingerprint density at radius 1 is 0.828 bits per heavy atom. The van der Waals surface area contributed by atoms with E-state index in [2.05, 4.69) is 29.2 Å². The number of carbonyl (C=O) groups excluding carboxylic acids is 1. The lowest BCUT2D eigenvalue weighted by Gasteiger charge is -2.23. The molecule has 0 bridgehead atoms. The van der Waals surface area contributed by atoms with Crippen LogP contribution in [0.3, 0.4) is 0 Å². The van der Waals surface area contributed by atoms with Gasteiger partial charge in [-0.05, 0) is 60.3 Å². The first-order valence-corrected chi connectivity index (χ1v) is 9.82. The van der Waals surface area contributed by atoms with E-state index in [4.69, 9.17) is 4.74 Å². The molecule has 0 heterocycles. The monoisotopic (exact) mass is 391 g/mol. The molecule has 0 amide bonds. The van der Waals surface area contributed by atoms with Crippen molar-refractivity contribution in [1.29, 1.82) is 0 Å². The number of esters is 1. The molecule has 0 saturated carbocycles. The van der Waals surface area contributed by atoms with Gasteiger partial charge in [0.15, 0.2) is 0 Å². The number of rotatable bonds is 9. The van der Waals surface area contributed by atoms with Crippen LogP contribution in [0.1, 0.15) is 33.5 Å². The Hall–Kier alpha value is -2.98. The van der Waals surface area contributed by atoms with E-state index in [1.54, 1.807) is 12.1 Å². The molecule has 4 heteroatoms. The fourth-order valence-corrected chi connectivity index (χ4v) is 3.34. The van der Waals surface area contributed by atoms with E-state index in [0.29, 0.717) is 5.56 Å². The molecule has 0 fully saturated rings. The Labute approximate surface area is 171 Å². The van der Waals surface area contributed by atoms with Gasteiger partial charge in [0.2, 0.25) is 0 Å². The van der Waals surface area contributed by atoms with E-state index in [0.717, 1.165) is 43.6 Å². The Bertz CT molecular complexity index is 892. The summed E-state index contributed by atoms with van der Waals surface area (Å²) in [5.41, 5.74) is 4.08. The van der Waals surface area contributed by atoms with Crippen molar-refractivity contribution in [3.8, 4) is 0 Å². The third-order valence-electron chi connectivity index (χ3n) is 4.88. The Kier molecular flexibility index (Phi) is 7.54. The van der Waals surface area contributed by atoms with Crippen LogP contribution in [0.15, 0.2) is 78.9 Å². The lowest BCUT2D eigenvalue weighted by molar-refractivity contribution is 0.0600. The quantitative estimate of drug-likeness (QED) is 0.467. The number of carbonyl (C=O) groups is 1. The summed E-state index contributed by atoms with van der Waals surface area (Å²) in [6.07, 6.45) is 2.05. The number of hydrogen-bond donors (Lipinski definition) is 0. The van der Waals surface area contributed by atoms with Crippen LogP contribution in [0, 0.1) is 5.82 Å². The van der Waals surface area contributed by atoms with Gasteiger partial charge in [-0.2, -0.15) is 0 Å². The highest BCUT2D eigenvalue weighted by Gasteiger charge is 2.10. The number of methoxy groups -OCH3 is 1. The maximum absolute atomic E-state index is 13.2. The van der Waals surface area contributed by atoms with Gasteiger partial charge in [-0.3, -0.25) is 4.90 Å². The molecule has 0 radical (unpaired) electrons. The average molecular weight is 391 g/mol. The third kappa shape index (κ3) is 6.54. The second-order valence-electron chi connectivity index (χ2n) is 7.11.